The lowest BCUT2D eigenvalue weighted by molar-refractivity contribution is -0.137. The Balaban J connectivity index is 2.03. The monoisotopic (exact) mass is 242 g/mol. The zero-order valence-corrected chi connectivity index (χ0v) is 10.9. The summed E-state index contributed by atoms with van der Waals surface area (Å²) in [5.41, 5.74) is 5.17. The molecular weight excluding hydrogens is 224 g/mol. The SMILES string of the molecule is CCOC(=O)/C=C1/c2c(C)cccc2C[C@@H]2C[C@H]12. The second kappa shape index (κ2) is 4.27. The van der Waals surface area contributed by atoms with Gasteiger partial charge in [-0.3, -0.25) is 0 Å². The third-order valence-corrected chi connectivity index (χ3v) is 4.01. The molecule has 2 atom stereocenters. The van der Waals surface area contributed by atoms with Crippen molar-refractivity contribution in [2.75, 3.05) is 6.61 Å². The molecule has 1 aromatic carbocycles. The Morgan fingerprint density at radius 3 is 3.11 bits per heavy atom. The summed E-state index contributed by atoms with van der Waals surface area (Å²) >= 11 is 0. The molecule has 2 aliphatic rings. The maximum absolute atomic E-state index is 11.7. The minimum Gasteiger partial charge on any atom is -0.463 e. The Hall–Kier alpha value is -1.57. The second-order valence-corrected chi connectivity index (χ2v) is 5.27. The Labute approximate surface area is 108 Å². The van der Waals surface area contributed by atoms with Gasteiger partial charge in [0.05, 0.1) is 6.61 Å². The van der Waals surface area contributed by atoms with E-state index in [0.717, 1.165) is 5.92 Å². The van der Waals surface area contributed by atoms with Crippen molar-refractivity contribution < 1.29 is 9.53 Å². The first-order valence-electron chi connectivity index (χ1n) is 6.68. The Bertz CT molecular complexity index is 528. The van der Waals surface area contributed by atoms with Gasteiger partial charge in [0, 0.05) is 6.08 Å². The molecule has 2 nitrogen and oxygen atoms in total. The van der Waals surface area contributed by atoms with E-state index in [1.807, 2.05) is 6.92 Å². The van der Waals surface area contributed by atoms with Gasteiger partial charge in [0.15, 0.2) is 0 Å². The zero-order chi connectivity index (χ0) is 12.7. The van der Waals surface area contributed by atoms with E-state index in [0.29, 0.717) is 12.5 Å². The fraction of sp³-hybridized carbons (Fsp3) is 0.438. The first-order chi connectivity index (χ1) is 8.70. The van der Waals surface area contributed by atoms with Crippen molar-refractivity contribution in [2.45, 2.75) is 26.7 Å². The molecule has 94 valence electrons. The lowest BCUT2D eigenvalue weighted by Gasteiger charge is -2.20. The summed E-state index contributed by atoms with van der Waals surface area (Å²) < 4.78 is 5.05. The van der Waals surface area contributed by atoms with Crippen molar-refractivity contribution in [3.8, 4) is 0 Å². The van der Waals surface area contributed by atoms with Crippen LogP contribution >= 0.6 is 0 Å². The van der Waals surface area contributed by atoms with Crippen LogP contribution in [-0.4, -0.2) is 12.6 Å². The molecule has 2 heteroatoms. The smallest absolute Gasteiger partial charge is 0.331 e. The number of rotatable bonds is 2. The number of allylic oxidation sites excluding steroid dienone is 1. The van der Waals surface area contributed by atoms with Crippen LogP contribution in [0, 0.1) is 18.8 Å². The van der Waals surface area contributed by atoms with Gasteiger partial charge in [-0.15, -0.1) is 0 Å². The van der Waals surface area contributed by atoms with E-state index >= 15 is 0 Å². The van der Waals surface area contributed by atoms with Crippen molar-refractivity contribution in [1.82, 2.24) is 0 Å². The first-order valence-corrected chi connectivity index (χ1v) is 6.68. The van der Waals surface area contributed by atoms with Crippen LogP contribution in [0.1, 0.15) is 30.0 Å². The first kappa shape index (κ1) is 11.5. The molecule has 1 saturated carbocycles. The largest absolute Gasteiger partial charge is 0.463 e. The van der Waals surface area contributed by atoms with E-state index in [9.17, 15) is 4.79 Å². The van der Waals surface area contributed by atoms with E-state index in [2.05, 4.69) is 25.1 Å². The van der Waals surface area contributed by atoms with Gasteiger partial charge >= 0.3 is 5.97 Å². The minimum atomic E-state index is -0.200. The summed E-state index contributed by atoms with van der Waals surface area (Å²) in [5, 5.41) is 0. The van der Waals surface area contributed by atoms with Crippen molar-refractivity contribution in [2.24, 2.45) is 11.8 Å². The van der Waals surface area contributed by atoms with Crippen molar-refractivity contribution in [1.29, 1.82) is 0 Å². The highest BCUT2D eigenvalue weighted by molar-refractivity contribution is 5.94. The highest BCUT2D eigenvalue weighted by Crippen LogP contribution is 2.55. The van der Waals surface area contributed by atoms with E-state index in [1.165, 1.54) is 35.1 Å². The van der Waals surface area contributed by atoms with Crippen LogP contribution in [0.2, 0.25) is 0 Å². The molecule has 0 aliphatic heterocycles. The summed E-state index contributed by atoms with van der Waals surface area (Å²) in [4.78, 5) is 11.7. The summed E-state index contributed by atoms with van der Waals surface area (Å²) in [6.45, 7) is 4.41. The van der Waals surface area contributed by atoms with E-state index < -0.39 is 0 Å². The number of hydrogen-bond donors (Lipinski definition) is 0. The van der Waals surface area contributed by atoms with Crippen LogP contribution in [0.25, 0.3) is 5.57 Å². The molecule has 0 amide bonds. The van der Waals surface area contributed by atoms with Gasteiger partial charge in [-0.25, -0.2) is 4.79 Å². The molecule has 1 aromatic rings. The van der Waals surface area contributed by atoms with E-state index in [-0.39, 0.29) is 5.97 Å². The molecule has 1 fully saturated rings. The summed E-state index contributed by atoms with van der Waals surface area (Å²) in [6, 6.07) is 6.43. The number of fused-ring (bicyclic) bond motifs is 2. The normalized spacial score (nSPS) is 26.4. The minimum absolute atomic E-state index is 0.200. The molecule has 0 radical (unpaired) electrons. The molecule has 0 spiro atoms. The third-order valence-electron chi connectivity index (χ3n) is 4.01. The number of hydrogen-bond acceptors (Lipinski definition) is 2. The predicted octanol–water partition coefficient (Wildman–Crippen LogP) is 3.13. The van der Waals surface area contributed by atoms with Gasteiger partial charge in [0.2, 0.25) is 0 Å². The van der Waals surface area contributed by atoms with Gasteiger partial charge in [0.25, 0.3) is 0 Å². The van der Waals surface area contributed by atoms with Gasteiger partial charge in [-0.2, -0.15) is 0 Å². The number of esters is 1. The molecule has 0 unspecified atom stereocenters. The number of ether oxygens (including phenoxy) is 1. The maximum Gasteiger partial charge on any atom is 0.331 e. The number of aryl methyl sites for hydroxylation is 1. The molecule has 0 N–H and O–H groups in total. The van der Waals surface area contributed by atoms with Crippen molar-refractivity contribution >= 4 is 11.5 Å². The number of benzene rings is 1. The highest BCUT2D eigenvalue weighted by Gasteiger charge is 2.44. The zero-order valence-electron chi connectivity index (χ0n) is 10.9. The Morgan fingerprint density at radius 1 is 1.50 bits per heavy atom. The lowest BCUT2D eigenvalue weighted by Crippen LogP contribution is -2.09. The number of carbonyl (C=O) groups is 1. The molecular formula is C16H18O2. The standard InChI is InChI=1S/C16H18O2/c1-3-18-15(17)9-14-13-8-12(13)7-11-6-4-5-10(2)16(11)14/h4-6,9,12-13H,3,7-8H2,1-2H3/b14-9+/t12-,13+/m1/s1. The summed E-state index contributed by atoms with van der Waals surface area (Å²) in [6.07, 6.45) is 4.11. The van der Waals surface area contributed by atoms with Crippen LogP contribution in [0.4, 0.5) is 0 Å². The van der Waals surface area contributed by atoms with Gasteiger partial charge in [-0.1, -0.05) is 18.2 Å². The highest BCUT2D eigenvalue weighted by atomic mass is 16.5. The van der Waals surface area contributed by atoms with Crippen molar-refractivity contribution in [3.63, 3.8) is 0 Å². The second-order valence-electron chi connectivity index (χ2n) is 5.27. The van der Waals surface area contributed by atoms with E-state index in [4.69, 9.17) is 4.74 Å². The molecule has 0 heterocycles. The number of carbonyl (C=O) groups excluding carboxylic acids is 1. The Kier molecular flexibility index (Phi) is 2.73. The predicted molar refractivity (Wildman–Crippen MR) is 71.1 cm³/mol. The molecule has 3 rings (SSSR count). The van der Waals surface area contributed by atoms with Crippen LogP contribution in [0.3, 0.4) is 0 Å². The fourth-order valence-corrected chi connectivity index (χ4v) is 3.12. The molecule has 0 saturated heterocycles. The van der Waals surface area contributed by atoms with Crippen LogP contribution in [0.5, 0.6) is 0 Å². The quantitative estimate of drug-likeness (QED) is 0.588. The average molecular weight is 242 g/mol. The third kappa shape index (κ3) is 1.86. The van der Waals surface area contributed by atoms with Gasteiger partial charge in [-0.05, 0) is 60.8 Å². The molecule has 0 aromatic heterocycles. The topological polar surface area (TPSA) is 26.3 Å². The van der Waals surface area contributed by atoms with Crippen LogP contribution < -0.4 is 0 Å². The summed E-state index contributed by atoms with van der Waals surface area (Å²) in [5.74, 6) is 1.14. The van der Waals surface area contributed by atoms with E-state index in [1.54, 1.807) is 6.08 Å². The average Bonchev–Trinajstić information content (AvgIpc) is 3.08. The van der Waals surface area contributed by atoms with Gasteiger partial charge < -0.3 is 4.74 Å². The maximum atomic E-state index is 11.7. The van der Waals surface area contributed by atoms with Crippen LogP contribution in [-0.2, 0) is 16.0 Å². The lowest BCUT2D eigenvalue weighted by atomic mass is 9.84. The van der Waals surface area contributed by atoms with Crippen molar-refractivity contribution in [3.05, 3.63) is 41.0 Å². The Morgan fingerprint density at radius 2 is 2.33 bits per heavy atom. The van der Waals surface area contributed by atoms with Gasteiger partial charge in [0.1, 0.15) is 0 Å². The fourth-order valence-electron chi connectivity index (χ4n) is 3.12. The molecule has 18 heavy (non-hydrogen) atoms. The molecule has 2 aliphatic carbocycles. The molecule has 0 bridgehead atoms. The van der Waals surface area contributed by atoms with Crippen LogP contribution in [0.15, 0.2) is 24.3 Å². The summed E-state index contributed by atoms with van der Waals surface area (Å²) in [7, 11) is 0.